The number of anilines is 2. The highest BCUT2D eigenvalue weighted by Gasteiger charge is 2.29. The van der Waals surface area contributed by atoms with E-state index in [1.54, 1.807) is 30.6 Å². The molecule has 3 N–H and O–H groups in total. The molecule has 0 bridgehead atoms. The van der Waals surface area contributed by atoms with E-state index >= 15 is 0 Å². The zero-order valence-corrected chi connectivity index (χ0v) is 23.5. The van der Waals surface area contributed by atoms with Crippen LogP contribution in [0.3, 0.4) is 0 Å². The molecule has 8 heteroatoms. The third-order valence-electron chi connectivity index (χ3n) is 7.63. The van der Waals surface area contributed by atoms with Crippen molar-refractivity contribution in [1.82, 2.24) is 15.2 Å². The lowest BCUT2D eigenvalue weighted by Crippen LogP contribution is -2.35. The van der Waals surface area contributed by atoms with Crippen LogP contribution in [0.15, 0.2) is 97.3 Å². The Kier molecular flexibility index (Phi) is 8.07. The molecule has 1 saturated heterocycles. The first-order chi connectivity index (χ1) is 20.5. The zero-order chi connectivity index (χ0) is 28.9. The number of carbonyl (C=O) groups is 2. The van der Waals surface area contributed by atoms with E-state index in [-0.39, 0.29) is 17.9 Å². The topological polar surface area (TPSA) is 95.6 Å². The quantitative estimate of drug-likeness (QED) is 0.253. The summed E-state index contributed by atoms with van der Waals surface area (Å²) in [5.41, 5.74) is 6.82. The fraction of sp³-hybridized carbons (Fsp3) is 0.206. The molecule has 3 aromatic carbocycles. The van der Waals surface area contributed by atoms with Crippen molar-refractivity contribution in [3.63, 3.8) is 0 Å². The Morgan fingerprint density at radius 2 is 1.69 bits per heavy atom. The van der Waals surface area contributed by atoms with Crippen molar-refractivity contribution in [2.45, 2.75) is 19.5 Å². The van der Waals surface area contributed by atoms with E-state index in [1.807, 2.05) is 61.5 Å². The third kappa shape index (κ3) is 6.10. The van der Waals surface area contributed by atoms with Gasteiger partial charge in [0.25, 0.3) is 11.8 Å². The maximum absolute atomic E-state index is 13.4. The van der Waals surface area contributed by atoms with Crippen LogP contribution in [0.25, 0.3) is 11.3 Å². The average molecular weight is 560 g/mol. The summed E-state index contributed by atoms with van der Waals surface area (Å²) in [5.74, 6) is -0.439. The fourth-order valence-electron chi connectivity index (χ4n) is 5.31. The SMILES string of the molecule is C[C@@H](NC(=O)c1ccc2c(c1)/C(=C(/Nc1ccc(CN3CCOCC3)cc1)c1ccncc1)C(=O)N2)c1ccccc1. The number of nitrogens with one attached hydrogen (secondary N) is 3. The number of ether oxygens (including phenoxy) is 1. The molecule has 6 rings (SSSR count). The smallest absolute Gasteiger partial charge is 0.258 e. The van der Waals surface area contributed by atoms with Gasteiger partial charge in [-0.3, -0.25) is 19.5 Å². The highest BCUT2D eigenvalue weighted by molar-refractivity contribution is 6.37. The number of fused-ring (bicyclic) bond motifs is 1. The van der Waals surface area contributed by atoms with Crippen LogP contribution in [-0.4, -0.2) is 48.0 Å². The van der Waals surface area contributed by atoms with Crippen LogP contribution in [0.4, 0.5) is 11.4 Å². The lowest BCUT2D eigenvalue weighted by Gasteiger charge is -2.26. The van der Waals surface area contributed by atoms with Crippen molar-refractivity contribution in [1.29, 1.82) is 0 Å². The normalized spacial score (nSPS) is 16.7. The van der Waals surface area contributed by atoms with Crippen molar-refractivity contribution < 1.29 is 14.3 Å². The van der Waals surface area contributed by atoms with Gasteiger partial charge in [0.2, 0.25) is 0 Å². The molecular weight excluding hydrogens is 526 g/mol. The van der Waals surface area contributed by atoms with Gasteiger partial charge in [0.15, 0.2) is 0 Å². The summed E-state index contributed by atoms with van der Waals surface area (Å²) >= 11 is 0. The minimum atomic E-state index is -0.233. The Labute approximate surface area is 245 Å². The molecule has 212 valence electrons. The molecule has 8 nitrogen and oxygen atoms in total. The van der Waals surface area contributed by atoms with Gasteiger partial charge in [-0.25, -0.2) is 0 Å². The minimum Gasteiger partial charge on any atom is -0.379 e. The predicted octanol–water partition coefficient (Wildman–Crippen LogP) is 5.34. The van der Waals surface area contributed by atoms with Gasteiger partial charge in [-0.2, -0.15) is 0 Å². The molecule has 0 unspecified atom stereocenters. The van der Waals surface area contributed by atoms with Crippen molar-refractivity contribution in [2.24, 2.45) is 0 Å². The first-order valence-corrected chi connectivity index (χ1v) is 14.2. The lowest BCUT2D eigenvalue weighted by molar-refractivity contribution is -0.110. The standard InChI is InChI=1S/C34H33N5O3/c1-23(25-5-3-2-4-6-25)36-33(40)27-9-12-30-29(21-27)31(34(41)38-30)32(26-13-15-35-16-14-26)37-28-10-7-24(8-11-28)22-39-17-19-42-20-18-39/h2-16,21,23,37H,17-20,22H2,1H3,(H,36,40)(H,38,41)/b32-31-/t23-/m1/s1. The van der Waals surface area contributed by atoms with Gasteiger partial charge in [0.05, 0.1) is 30.5 Å². The van der Waals surface area contributed by atoms with Crippen molar-refractivity contribution >= 4 is 34.5 Å². The molecule has 4 aromatic rings. The Bertz CT molecular complexity index is 1600. The van der Waals surface area contributed by atoms with E-state index in [1.165, 1.54) is 5.56 Å². The molecule has 3 heterocycles. The van der Waals surface area contributed by atoms with Crippen molar-refractivity contribution in [3.05, 3.63) is 125 Å². The lowest BCUT2D eigenvalue weighted by atomic mass is 9.98. The average Bonchev–Trinajstić information content (AvgIpc) is 3.36. The number of hydrogen-bond donors (Lipinski definition) is 3. The van der Waals surface area contributed by atoms with Crippen LogP contribution < -0.4 is 16.0 Å². The second-order valence-corrected chi connectivity index (χ2v) is 10.5. The number of amides is 2. The molecule has 0 spiro atoms. The number of hydrogen-bond acceptors (Lipinski definition) is 6. The van der Waals surface area contributed by atoms with Gasteiger partial charge in [0, 0.05) is 60.1 Å². The number of pyridine rings is 1. The van der Waals surface area contributed by atoms with Crippen molar-refractivity contribution in [2.75, 3.05) is 36.9 Å². The first kappa shape index (κ1) is 27.4. The van der Waals surface area contributed by atoms with Crippen LogP contribution >= 0.6 is 0 Å². The fourth-order valence-corrected chi connectivity index (χ4v) is 5.31. The Balaban J connectivity index is 1.30. The van der Waals surface area contributed by atoms with Gasteiger partial charge < -0.3 is 20.7 Å². The van der Waals surface area contributed by atoms with Gasteiger partial charge in [-0.05, 0) is 60.5 Å². The highest BCUT2D eigenvalue weighted by Crippen LogP contribution is 2.38. The summed E-state index contributed by atoms with van der Waals surface area (Å²) in [6, 6.07) is 27.0. The van der Waals surface area contributed by atoms with Crippen LogP contribution in [0.2, 0.25) is 0 Å². The van der Waals surface area contributed by atoms with E-state index in [9.17, 15) is 9.59 Å². The molecular formula is C34H33N5O3. The molecule has 2 amide bonds. The van der Waals surface area contributed by atoms with Crippen LogP contribution in [0.5, 0.6) is 0 Å². The molecule has 0 radical (unpaired) electrons. The van der Waals surface area contributed by atoms with Crippen molar-refractivity contribution in [3.8, 4) is 0 Å². The van der Waals surface area contributed by atoms with Gasteiger partial charge in [0.1, 0.15) is 0 Å². The molecule has 0 saturated carbocycles. The summed E-state index contributed by atoms with van der Waals surface area (Å²) in [6.45, 7) is 6.21. The summed E-state index contributed by atoms with van der Waals surface area (Å²) < 4.78 is 5.46. The maximum Gasteiger partial charge on any atom is 0.258 e. The van der Waals surface area contributed by atoms with E-state index in [4.69, 9.17) is 4.74 Å². The first-order valence-electron chi connectivity index (χ1n) is 14.2. The summed E-state index contributed by atoms with van der Waals surface area (Å²) in [7, 11) is 0. The number of nitrogens with zero attached hydrogens (tertiary/aromatic N) is 2. The molecule has 1 atom stereocenters. The Morgan fingerprint density at radius 3 is 2.43 bits per heavy atom. The minimum absolute atomic E-state index is 0.165. The highest BCUT2D eigenvalue weighted by atomic mass is 16.5. The van der Waals surface area contributed by atoms with Crippen LogP contribution in [0.1, 0.15) is 45.6 Å². The maximum atomic E-state index is 13.4. The van der Waals surface area contributed by atoms with Crippen LogP contribution in [0, 0.1) is 0 Å². The number of aromatic nitrogens is 1. The van der Waals surface area contributed by atoms with Crippen LogP contribution in [-0.2, 0) is 16.1 Å². The molecule has 2 aliphatic heterocycles. The summed E-state index contributed by atoms with van der Waals surface area (Å²) in [5, 5.41) is 9.54. The van der Waals surface area contributed by atoms with E-state index in [0.29, 0.717) is 28.1 Å². The van der Waals surface area contributed by atoms with E-state index < -0.39 is 0 Å². The number of benzene rings is 3. The predicted molar refractivity (Wildman–Crippen MR) is 165 cm³/mol. The summed E-state index contributed by atoms with van der Waals surface area (Å²) in [6.07, 6.45) is 3.40. The third-order valence-corrected chi connectivity index (χ3v) is 7.63. The molecule has 0 aliphatic carbocycles. The number of morpholine rings is 1. The Morgan fingerprint density at radius 1 is 0.952 bits per heavy atom. The molecule has 2 aliphatic rings. The molecule has 1 fully saturated rings. The van der Waals surface area contributed by atoms with E-state index in [2.05, 4.69) is 38.0 Å². The van der Waals surface area contributed by atoms with Gasteiger partial charge in [-0.1, -0.05) is 42.5 Å². The molecule has 42 heavy (non-hydrogen) atoms. The summed E-state index contributed by atoms with van der Waals surface area (Å²) in [4.78, 5) is 33.2. The molecule has 1 aromatic heterocycles. The largest absolute Gasteiger partial charge is 0.379 e. The second-order valence-electron chi connectivity index (χ2n) is 10.5. The Hall–Kier alpha value is -4.79. The number of carbonyl (C=O) groups excluding carboxylic acids is 2. The monoisotopic (exact) mass is 559 g/mol. The number of rotatable bonds is 8. The second kappa shape index (κ2) is 12.4. The van der Waals surface area contributed by atoms with E-state index in [0.717, 1.165) is 49.7 Å². The van der Waals surface area contributed by atoms with Gasteiger partial charge in [-0.15, -0.1) is 0 Å². The van der Waals surface area contributed by atoms with Gasteiger partial charge >= 0.3 is 0 Å². The zero-order valence-electron chi connectivity index (χ0n) is 23.5.